The second kappa shape index (κ2) is 11.9. The number of non-ortho nitro benzene ring substituents is 1. The maximum Gasteiger partial charge on any atom is 0.335 e. The Hall–Kier alpha value is -5.23. The minimum atomic E-state index is -1.01. The van der Waals surface area contributed by atoms with Gasteiger partial charge in [-0.05, 0) is 73.0 Å². The molecule has 0 radical (unpaired) electrons. The number of methoxy groups -OCH3 is 1. The molecule has 4 rings (SSSR count). The number of hydrogen-bond donors (Lipinski definition) is 2. The Morgan fingerprint density at radius 1 is 1.07 bits per heavy atom. The highest BCUT2D eigenvalue weighted by atomic mass is 35.5. The Labute approximate surface area is 238 Å². The number of anilines is 2. The van der Waals surface area contributed by atoms with Crippen LogP contribution in [0.4, 0.5) is 21.9 Å². The number of hydrogen-bond acceptors (Lipinski definition) is 8. The SMILES string of the molecule is COc1cc(/C=C2/C(=O)NC(=O)N(c3ccc([N+](=O)[O-])cc3)C2=O)cc(Cl)c1OCC(=O)Nc1ccc(C)c(C)c1. The Morgan fingerprint density at radius 2 is 1.78 bits per heavy atom. The van der Waals surface area contributed by atoms with Gasteiger partial charge in [0.15, 0.2) is 18.1 Å². The predicted molar refractivity (Wildman–Crippen MR) is 150 cm³/mol. The molecule has 1 aliphatic heterocycles. The zero-order valence-electron chi connectivity index (χ0n) is 22.0. The fourth-order valence-corrected chi connectivity index (χ4v) is 4.17. The van der Waals surface area contributed by atoms with Crippen LogP contribution in [-0.2, 0) is 14.4 Å². The van der Waals surface area contributed by atoms with Crippen LogP contribution >= 0.6 is 11.6 Å². The smallest absolute Gasteiger partial charge is 0.335 e. The van der Waals surface area contributed by atoms with Crippen molar-refractivity contribution in [3.05, 3.63) is 92.0 Å². The molecule has 1 aliphatic rings. The maximum absolute atomic E-state index is 13.2. The van der Waals surface area contributed by atoms with E-state index >= 15 is 0 Å². The van der Waals surface area contributed by atoms with Crippen LogP contribution < -0.4 is 25.0 Å². The van der Waals surface area contributed by atoms with Gasteiger partial charge in [-0.1, -0.05) is 17.7 Å². The molecule has 0 spiro atoms. The molecule has 210 valence electrons. The number of nitro groups is 1. The zero-order valence-corrected chi connectivity index (χ0v) is 22.8. The number of imide groups is 2. The number of rotatable bonds is 8. The number of nitro benzene ring substituents is 1. The highest BCUT2D eigenvalue weighted by molar-refractivity contribution is 6.39. The van der Waals surface area contributed by atoms with E-state index in [2.05, 4.69) is 10.6 Å². The summed E-state index contributed by atoms with van der Waals surface area (Å²) in [5.41, 5.74) is 2.36. The Morgan fingerprint density at radius 3 is 2.41 bits per heavy atom. The molecule has 5 amide bonds. The van der Waals surface area contributed by atoms with Gasteiger partial charge in [-0.15, -0.1) is 0 Å². The summed E-state index contributed by atoms with van der Waals surface area (Å²) in [5.74, 6) is -2.15. The molecule has 3 aromatic rings. The van der Waals surface area contributed by atoms with E-state index in [-0.39, 0.29) is 40.1 Å². The maximum atomic E-state index is 13.2. The van der Waals surface area contributed by atoms with E-state index in [0.29, 0.717) is 10.6 Å². The van der Waals surface area contributed by atoms with Crippen LogP contribution in [0.2, 0.25) is 5.02 Å². The molecule has 13 heteroatoms. The first-order valence-corrected chi connectivity index (χ1v) is 12.4. The van der Waals surface area contributed by atoms with Gasteiger partial charge < -0.3 is 14.8 Å². The van der Waals surface area contributed by atoms with Crippen molar-refractivity contribution in [2.75, 3.05) is 23.9 Å². The van der Waals surface area contributed by atoms with Crippen molar-refractivity contribution in [3.63, 3.8) is 0 Å². The van der Waals surface area contributed by atoms with Gasteiger partial charge in [-0.25, -0.2) is 9.69 Å². The summed E-state index contributed by atoms with van der Waals surface area (Å²) < 4.78 is 11.0. The first-order chi connectivity index (χ1) is 19.5. The summed E-state index contributed by atoms with van der Waals surface area (Å²) in [6.07, 6.45) is 1.20. The van der Waals surface area contributed by atoms with Crippen LogP contribution in [0.15, 0.2) is 60.2 Å². The van der Waals surface area contributed by atoms with Crippen LogP contribution in [0.1, 0.15) is 16.7 Å². The van der Waals surface area contributed by atoms with Gasteiger partial charge >= 0.3 is 6.03 Å². The monoisotopic (exact) mass is 578 g/mol. The lowest BCUT2D eigenvalue weighted by molar-refractivity contribution is -0.384. The number of nitrogens with zero attached hydrogens (tertiary/aromatic N) is 2. The highest BCUT2D eigenvalue weighted by Gasteiger charge is 2.37. The number of halogens is 1. The average Bonchev–Trinajstić information content (AvgIpc) is 2.92. The molecule has 41 heavy (non-hydrogen) atoms. The zero-order chi connectivity index (χ0) is 29.8. The third-order valence-electron chi connectivity index (χ3n) is 6.12. The quantitative estimate of drug-likeness (QED) is 0.170. The molecule has 0 atom stereocenters. The van der Waals surface area contributed by atoms with E-state index in [9.17, 15) is 29.3 Å². The van der Waals surface area contributed by atoms with Crippen LogP contribution in [0.25, 0.3) is 6.08 Å². The number of nitrogens with one attached hydrogen (secondary N) is 2. The van der Waals surface area contributed by atoms with Gasteiger partial charge in [0.25, 0.3) is 23.4 Å². The summed E-state index contributed by atoms with van der Waals surface area (Å²) in [5, 5.41) is 15.8. The number of aryl methyl sites for hydroxylation is 2. The van der Waals surface area contributed by atoms with Gasteiger partial charge in [0.2, 0.25) is 0 Å². The normalized spacial score (nSPS) is 14.1. The number of ether oxygens (including phenoxy) is 2. The van der Waals surface area contributed by atoms with Crippen molar-refractivity contribution in [2.24, 2.45) is 0 Å². The van der Waals surface area contributed by atoms with E-state index in [1.54, 1.807) is 6.07 Å². The fourth-order valence-electron chi connectivity index (χ4n) is 3.90. The summed E-state index contributed by atoms with van der Waals surface area (Å²) in [4.78, 5) is 61.6. The summed E-state index contributed by atoms with van der Waals surface area (Å²) >= 11 is 6.40. The molecule has 1 heterocycles. The standard InChI is InChI=1S/C28H23ClN4O8/c1-15-4-5-18(10-16(15)2)30-24(34)14-41-25-22(29)12-17(13-23(25)40-3)11-21-26(35)31-28(37)32(27(21)36)19-6-8-20(9-7-19)33(38)39/h4-13H,14H2,1-3H3,(H,30,34)(H,31,35,37)/b21-11-. The van der Waals surface area contributed by atoms with Gasteiger partial charge in [0, 0.05) is 17.8 Å². The average molecular weight is 579 g/mol. The van der Waals surface area contributed by atoms with Gasteiger partial charge in [-0.3, -0.25) is 29.8 Å². The molecule has 2 N–H and O–H groups in total. The van der Waals surface area contributed by atoms with Crippen LogP contribution in [0.5, 0.6) is 11.5 Å². The van der Waals surface area contributed by atoms with Crippen molar-refractivity contribution in [1.82, 2.24) is 5.32 Å². The van der Waals surface area contributed by atoms with Crippen molar-refractivity contribution in [2.45, 2.75) is 13.8 Å². The Kier molecular flexibility index (Phi) is 8.34. The number of carbonyl (C=O) groups excluding carboxylic acids is 4. The number of carbonyl (C=O) groups is 4. The number of amides is 5. The lowest BCUT2D eigenvalue weighted by atomic mass is 10.1. The van der Waals surface area contributed by atoms with E-state index in [0.717, 1.165) is 23.3 Å². The molecular formula is C28H23ClN4O8. The van der Waals surface area contributed by atoms with Crippen molar-refractivity contribution < 1.29 is 33.6 Å². The highest BCUT2D eigenvalue weighted by Crippen LogP contribution is 2.37. The second-order valence-corrected chi connectivity index (χ2v) is 9.31. The number of barbiturate groups is 1. The Bertz CT molecular complexity index is 1620. The molecule has 1 fully saturated rings. The van der Waals surface area contributed by atoms with Crippen LogP contribution in [0, 0.1) is 24.0 Å². The summed E-state index contributed by atoms with van der Waals surface area (Å²) in [7, 11) is 1.35. The summed E-state index contributed by atoms with van der Waals surface area (Å²) in [6, 6.07) is 12.0. The Balaban J connectivity index is 1.55. The van der Waals surface area contributed by atoms with Crippen molar-refractivity contribution in [1.29, 1.82) is 0 Å². The molecule has 12 nitrogen and oxygen atoms in total. The van der Waals surface area contributed by atoms with Crippen molar-refractivity contribution >= 4 is 58.5 Å². The first kappa shape index (κ1) is 28.8. The van der Waals surface area contributed by atoms with E-state index < -0.39 is 34.2 Å². The van der Waals surface area contributed by atoms with Crippen molar-refractivity contribution in [3.8, 4) is 11.5 Å². The van der Waals surface area contributed by atoms with Gasteiger partial charge in [0.05, 0.1) is 22.7 Å². The van der Waals surface area contributed by atoms with E-state index in [1.807, 2.05) is 26.0 Å². The molecule has 0 aliphatic carbocycles. The third-order valence-corrected chi connectivity index (χ3v) is 6.40. The number of benzene rings is 3. The predicted octanol–water partition coefficient (Wildman–Crippen LogP) is 4.56. The van der Waals surface area contributed by atoms with Crippen LogP contribution in [0.3, 0.4) is 0 Å². The molecule has 0 bridgehead atoms. The second-order valence-electron chi connectivity index (χ2n) is 8.90. The lowest BCUT2D eigenvalue weighted by Crippen LogP contribution is -2.54. The topological polar surface area (TPSA) is 157 Å². The molecule has 1 saturated heterocycles. The molecule has 0 unspecified atom stereocenters. The van der Waals surface area contributed by atoms with Gasteiger partial charge in [-0.2, -0.15) is 0 Å². The third kappa shape index (κ3) is 6.34. The first-order valence-electron chi connectivity index (χ1n) is 12.0. The van der Waals surface area contributed by atoms with Gasteiger partial charge in [0.1, 0.15) is 5.57 Å². The molecule has 3 aromatic carbocycles. The minimum absolute atomic E-state index is 0.0231. The number of urea groups is 1. The molecule has 0 aromatic heterocycles. The minimum Gasteiger partial charge on any atom is -0.493 e. The molecular weight excluding hydrogens is 556 g/mol. The summed E-state index contributed by atoms with van der Waals surface area (Å²) in [6.45, 7) is 3.51. The fraction of sp³-hybridized carbons (Fsp3) is 0.143. The largest absolute Gasteiger partial charge is 0.493 e. The van der Waals surface area contributed by atoms with E-state index in [1.165, 1.54) is 37.5 Å². The molecule has 0 saturated carbocycles. The lowest BCUT2D eigenvalue weighted by Gasteiger charge is -2.26. The van der Waals surface area contributed by atoms with E-state index in [4.69, 9.17) is 21.1 Å². The van der Waals surface area contributed by atoms with Crippen LogP contribution in [-0.4, -0.2) is 42.4 Å².